The Kier molecular flexibility index (Phi) is 6.49. The number of thioether (sulfide) groups is 1. The Morgan fingerprint density at radius 2 is 2.22 bits per heavy atom. The second kappa shape index (κ2) is 7.92. The number of hydrogen-bond donors (Lipinski definition) is 1. The van der Waals surface area contributed by atoms with Gasteiger partial charge in [-0.25, -0.2) is 9.97 Å². The predicted molar refractivity (Wildman–Crippen MR) is 72.9 cm³/mol. The van der Waals surface area contributed by atoms with Gasteiger partial charge in [0.2, 0.25) is 5.95 Å². The largest absolute Gasteiger partial charge is 0.465 e. The number of ether oxygens (including phenoxy) is 1. The molecule has 0 aliphatic carbocycles. The van der Waals surface area contributed by atoms with E-state index in [4.69, 9.17) is 4.74 Å². The molecule has 0 saturated carbocycles. The number of nitrogens with one attached hydrogen (secondary N) is 1. The topological polar surface area (TPSA) is 64.1 Å². The highest BCUT2D eigenvalue weighted by Crippen LogP contribution is 2.18. The van der Waals surface area contributed by atoms with Crippen molar-refractivity contribution in [3.63, 3.8) is 0 Å². The summed E-state index contributed by atoms with van der Waals surface area (Å²) in [7, 11) is 0. The van der Waals surface area contributed by atoms with Gasteiger partial charge in [-0.2, -0.15) is 0 Å². The van der Waals surface area contributed by atoms with Gasteiger partial charge in [0, 0.05) is 12.2 Å². The highest BCUT2D eigenvalue weighted by atomic mass is 32.2. The Hall–Kier alpha value is -1.30. The summed E-state index contributed by atoms with van der Waals surface area (Å²) in [5.74, 6) is 0.669. The molecule has 0 amide bonds. The first-order valence-electron chi connectivity index (χ1n) is 6.03. The van der Waals surface area contributed by atoms with Crippen LogP contribution < -0.4 is 5.32 Å². The lowest BCUT2D eigenvalue weighted by Crippen LogP contribution is -2.08. The van der Waals surface area contributed by atoms with Gasteiger partial charge < -0.3 is 10.1 Å². The summed E-state index contributed by atoms with van der Waals surface area (Å²) < 4.78 is 4.87. The molecule has 0 spiro atoms. The fourth-order valence-electron chi connectivity index (χ4n) is 1.26. The molecule has 100 valence electrons. The maximum atomic E-state index is 11.3. The molecular formula is C12H19N3O2S. The zero-order chi connectivity index (χ0) is 13.4. The molecule has 1 aromatic heterocycles. The van der Waals surface area contributed by atoms with Crippen LogP contribution in [0.5, 0.6) is 0 Å². The van der Waals surface area contributed by atoms with Crippen molar-refractivity contribution in [2.24, 2.45) is 0 Å². The Morgan fingerprint density at radius 3 is 2.89 bits per heavy atom. The quantitative estimate of drug-likeness (QED) is 0.465. The van der Waals surface area contributed by atoms with Crippen LogP contribution in [0.2, 0.25) is 0 Å². The number of aryl methyl sites for hydroxylation is 1. The minimum atomic E-state index is -0.221. The minimum Gasteiger partial charge on any atom is -0.465 e. The van der Waals surface area contributed by atoms with Gasteiger partial charge in [0.25, 0.3) is 0 Å². The summed E-state index contributed by atoms with van der Waals surface area (Å²) in [6.45, 7) is 7.04. The van der Waals surface area contributed by atoms with Crippen molar-refractivity contribution in [1.29, 1.82) is 0 Å². The number of nitrogens with zero attached hydrogens (tertiary/aromatic N) is 2. The van der Waals surface area contributed by atoms with Crippen LogP contribution in [0.15, 0.2) is 11.1 Å². The van der Waals surface area contributed by atoms with E-state index in [-0.39, 0.29) is 11.7 Å². The standard InChI is InChI=1S/C12H19N3O2S/c1-4-6-13-12-14-9(3)7-10(15-12)18-8-11(16)17-5-2/h7H,4-6,8H2,1-3H3,(H,13,14,15). The van der Waals surface area contributed by atoms with Gasteiger partial charge in [-0.3, -0.25) is 4.79 Å². The molecule has 5 nitrogen and oxygen atoms in total. The number of esters is 1. The van der Waals surface area contributed by atoms with E-state index in [2.05, 4.69) is 22.2 Å². The van der Waals surface area contributed by atoms with Crippen molar-refractivity contribution in [2.75, 3.05) is 24.2 Å². The van der Waals surface area contributed by atoms with E-state index in [9.17, 15) is 4.79 Å². The molecule has 1 N–H and O–H groups in total. The number of rotatable bonds is 7. The van der Waals surface area contributed by atoms with E-state index in [1.54, 1.807) is 6.92 Å². The molecular weight excluding hydrogens is 250 g/mol. The normalized spacial score (nSPS) is 10.2. The average Bonchev–Trinajstić information content (AvgIpc) is 2.34. The van der Waals surface area contributed by atoms with Gasteiger partial charge in [0.1, 0.15) is 5.03 Å². The summed E-state index contributed by atoms with van der Waals surface area (Å²) in [5.41, 5.74) is 0.884. The van der Waals surface area contributed by atoms with Crippen LogP contribution in [0.25, 0.3) is 0 Å². The molecule has 1 rings (SSSR count). The summed E-state index contributed by atoms with van der Waals surface area (Å²) in [6.07, 6.45) is 1.02. The molecule has 1 heterocycles. The smallest absolute Gasteiger partial charge is 0.316 e. The first-order chi connectivity index (χ1) is 8.65. The van der Waals surface area contributed by atoms with Crippen LogP contribution in [0.3, 0.4) is 0 Å². The molecule has 0 fully saturated rings. The lowest BCUT2D eigenvalue weighted by atomic mass is 10.4. The summed E-state index contributed by atoms with van der Waals surface area (Å²) in [5, 5.41) is 3.92. The Labute approximate surface area is 112 Å². The fraction of sp³-hybridized carbons (Fsp3) is 0.583. The van der Waals surface area contributed by atoms with Crippen molar-refractivity contribution >= 4 is 23.7 Å². The van der Waals surface area contributed by atoms with E-state index in [1.165, 1.54) is 11.8 Å². The Morgan fingerprint density at radius 1 is 1.44 bits per heavy atom. The monoisotopic (exact) mass is 269 g/mol. The molecule has 0 aliphatic rings. The first-order valence-corrected chi connectivity index (χ1v) is 7.02. The van der Waals surface area contributed by atoms with Gasteiger partial charge in [0.05, 0.1) is 12.4 Å². The third kappa shape index (κ3) is 5.35. The Balaban J connectivity index is 2.59. The highest BCUT2D eigenvalue weighted by Gasteiger charge is 2.06. The minimum absolute atomic E-state index is 0.221. The number of carbonyl (C=O) groups excluding carboxylic acids is 1. The van der Waals surface area contributed by atoms with Crippen LogP contribution >= 0.6 is 11.8 Å². The van der Waals surface area contributed by atoms with Crippen molar-refractivity contribution in [3.05, 3.63) is 11.8 Å². The molecule has 1 aromatic rings. The highest BCUT2D eigenvalue weighted by molar-refractivity contribution is 7.99. The van der Waals surface area contributed by atoms with Gasteiger partial charge in [-0.15, -0.1) is 0 Å². The molecule has 0 saturated heterocycles. The zero-order valence-electron chi connectivity index (χ0n) is 11.0. The second-order valence-corrected chi connectivity index (χ2v) is 4.69. The number of hydrogen-bond acceptors (Lipinski definition) is 6. The molecule has 0 unspecified atom stereocenters. The predicted octanol–water partition coefficient (Wildman–Crippen LogP) is 2.26. The summed E-state index contributed by atoms with van der Waals surface area (Å²) in [4.78, 5) is 19.9. The summed E-state index contributed by atoms with van der Waals surface area (Å²) in [6, 6.07) is 1.86. The average molecular weight is 269 g/mol. The molecule has 0 atom stereocenters. The van der Waals surface area contributed by atoms with E-state index in [0.717, 1.165) is 23.7 Å². The lowest BCUT2D eigenvalue weighted by Gasteiger charge is -2.07. The number of aromatic nitrogens is 2. The van der Waals surface area contributed by atoms with Crippen LogP contribution in [-0.2, 0) is 9.53 Å². The fourth-order valence-corrected chi connectivity index (χ4v) is 2.02. The van der Waals surface area contributed by atoms with Gasteiger partial charge in [-0.1, -0.05) is 18.7 Å². The van der Waals surface area contributed by atoms with E-state index in [0.29, 0.717) is 12.6 Å². The van der Waals surface area contributed by atoms with Gasteiger partial charge >= 0.3 is 5.97 Å². The Bertz CT molecular complexity index is 399. The van der Waals surface area contributed by atoms with Crippen molar-refractivity contribution in [2.45, 2.75) is 32.2 Å². The van der Waals surface area contributed by atoms with Gasteiger partial charge in [-0.05, 0) is 26.3 Å². The van der Waals surface area contributed by atoms with Crippen LogP contribution in [0.4, 0.5) is 5.95 Å². The molecule has 6 heteroatoms. The molecule has 0 bridgehead atoms. The number of anilines is 1. The maximum Gasteiger partial charge on any atom is 0.316 e. The molecule has 0 aromatic carbocycles. The molecule has 0 aliphatic heterocycles. The third-order valence-corrected chi connectivity index (χ3v) is 2.89. The van der Waals surface area contributed by atoms with Crippen LogP contribution in [0.1, 0.15) is 26.0 Å². The lowest BCUT2D eigenvalue weighted by molar-refractivity contribution is -0.139. The van der Waals surface area contributed by atoms with Crippen molar-refractivity contribution < 1.29 is 9.53 Å². The van der Waals surface area contributed by atoms with Crippen LogP contribution in [-0.4, -0.2) is 34.8 Å². The second-order valence-electron chi connectivity index (χ2n) is 3.69. The first kappa shape index (κ1) is 14.8. The SMILES string of the molecule is CCCNc1nc(C)cc(SCC(=O)OCC)n1. The third-order valence-electron chi connectivity index (χ3n) is 2.01. The van der Waals surface area contributed by atoms with Crippen LogP contribution in [0, 0.1) is 6.92 Å². The summed E-state index contributed by atoms with van der Waals surface area (Å²) >= 11 is 1.36. The van der Waals surface area contributed by atoms with Crippen molar-refractivity contribution in [1.82, 2.24) is 9.97 Å². The van der Waals surface area contributed by atoms with E-state index in [1.807, 2.05) is 13.0 Å². The maximum absolute atomic E-state index is 11.3. The van der Waals surface area contributed by atoms with Crippen molar-refractivity contribution in [3.8, 4) is 0 Å². The molecule has 18 heavy (non-hydrogen) atoms. The van der Waals surface area contributed by atoms with E-state index < -0.39 is 0 Å². The zero-order valence-corrected chi connectivity index (χ0v) is 11.8. The van der Waals surface area contributed by atoms with Gasteiger partial charge in [0.15, 0.2) is 0 Å². The molecule has 0 radical (unpaired) electrons. The number of carbonyl (C=O) groups is 1. The van der Waals surface area contributed by atoms with E-state index >= 15 is 0 Å².